The summed E-state index contributed by atoms with van der Waals surface area (Å²) in [5, 5.41) is 7.47. The van der Waals surface area contributed by atoms with Crippen LogP contribution in [-0.4, -0.2) is 13.1 Å². The minimum absolute atomic E-state index is 0.910. The Hall–Kier alpha value is -3.73. The van der Waals surface area contributed by atoms with Gasteiger partial charge in [-0.05, 0) is 77.0 Å². The predicted molar refractivity (Wildman–Crippen MR) is 168 cm³/mol. The average Bonchev–Trinajstić information content (AvgIpc) is 3.43. The lowest BCUT2D eigenvalue weighted by Crippen LogP contribution is -2.37. The van der Waals surface area contributed by atoms with Crippen LogP contribution < -0.4 is 5.19 Å². The third kappa shape index (κ3) is 3.63. The van der Waals surface area contributed by atoms with Crippen LogP contribution in [0.1, 0.15) is 11.1 Å². The second-order valence-corrected chi connectivity index (χ2v) is 17.5. The molecule has 0 saturated heterocycles. The van der Waals surface area contributed by atoms with E-state index in [0.717, 1.165) is 33.2 Å². The molecule has 7 rings (SSSR count). The van der Waals surface area contributed by atoms with E-state index in [1.54, 1.807) is 0 Å². The van der Waals surface area contributed by atoms with Gasteiger partial charge in [0.05, 0.1) is 18.5 Å². The maximum Gasteiger partial charge on any atom is 0.144 e. The highest BCUT2D eigenvalue weighted by Gasteiger charge is 2.21. The van der Waals surface area contributed by atoms with Crippen molar-refractivity contribution in [3.05, 3.63) is 96.2 Å². The molecule has 0 atom stereocenters. The molecule has 0 fully saturated rings. The van der Waals surface area contributed by atoms with Crippen molar-refractivity contribution in [2.45, 2.75) is 33.5 Å². The van der Waals surface area contributed by atoms with Crippen molar-refractivity contribution in [2.24, 2.45) is 0 Å². The van der Waals surface area contributed by atoms with Crippen LogP contribution in [0, 0.1) is 13.8 Å². The fourth-order valence-corrected chi connectivity index (χ4v) is 8.10. The molecule has 3 heterocycles. The fraction of sp³-hybridized carbons (Fsp3) is 0.147. The fourth-order valence-electron chi connectivity index (χ4n) is 5.62. The third-order valence-corrected chi connectivity index (χ3v) is 11.1. The van der Waals surface area contributed by atoms with Gasteiger partial charge in [-0.1, -0.05) is 73.4 Å². The molecule has 0 radical (unpaired) electrons. The van der Waals surface area contributed by atoms with Crippen LogP contribution in [0.3, 0.4) is 0 Å². The summed E-state index contributed by atoms with van der Waals surface area (Å²) in [6, 6.07) is 28.8. The summed E-state index contributed by atoms with van der Waals surface area (Å²) in [6.45, 7) is 11.6. The van der Waals surface area contributed by atoms with Gasteiger partial charge in [0.2, 0.25) is 0 Å². The van der Waals surface area contributed by atoms with Gasteiger partial charge in [0.15, 0.2) is 0 Å². The molecule has 186 valence electrons. The van der Waals surface area contributed by atoms with Gasteiger partial charge in [0, 0.05) is 27.4 Å². The number of fused-ring (bicyclic) bond motifs is 5. The van der Waals surface area contributed by atoms with Crippen molar-refractivity contribution in [2.75, 3.05) is 0 Å². The first-order valence-corrected chi connectivity index (χ1v) is 17.4. The Morgan fingerprint density at radius 1 is 0.763 bits per heavy atom. The topological polar surface area (TPSA) is 26.0 Å². The van der Waals surface area contributed by atoms with E-state index in [4.69, 9.17) is 9.40 Å². The standard InChI is InChI=1S/C34H29NOSSi/c1-20-16-28-27-18-23-8-6-7-9-24(23)19-30(27)36-32(28)29(17-20)31-34-26(14-15-35-31)21(2)33(37-34)22-10-12-25(13-11-22)38(3,4)5/h6-19H,1-5H3. The van der Waals surface area contributed by atoms with E-state index in [-0.39, 0.29) is 0 Å². The van der Waals surface area contributed by atoms with Crippen molar-refractivity contribution in [3.8, 4) is 21.7 Å². The molecule has 0 unspecified atom stereocenters. The molecule has 7 aromatic rings. The zero-order valence-corrected chi connectivity index (χ0v) is 24.2. The van der Waals surface area contributed by atoms with Crippen LogP contribution in [0.5, 0.6) is 0 Å². The maximum absolute atomic E-state index is 6.59. The second kappa shape index (κ2) is 8.39. The number of aromatic nitrogens is 1. The summed E-state index contributed by atoms with van der Waals surface area (Å²) in [6.07, 6.45) is 1.95. The van der Waals surface area contributed by atoms with Crippen LogP contribution in [0.25, 0.3) is 64.5 Å². The number of rotatable bonds is 3. The largest absolute Gasteiger partial charge is 0.455 e. The molecule has 0 bridgehead atoms. The van der Waals surface area contributed by atoms with E-state index < -0.39 is 8.07 Å². The summed E-state index contributed by atoms with van der Waals surface area (Å²) in [5.74, 6) is 0. The molecule has 4 aromatic carbocycles. The molecule has 4 heteroatoms. The SMILES string of the molecule is Cc1cc(-c2nccc3c(C)c(-c4ccc([Si](C)(C)C)cc4)sc23)c2oc3cc4ccccc4cc3c2c1. The molecular weight excluding hydrogens is 499 g/mol. The molecule has 0 aliphatic heterocycles. The summed E-state index contributed by atoms with van der Waals surface area (Å²) in [7, 11) is -1.33. The van der Waals surface area contributed by atoms with E-state index in [9.17, 15) is 0 Å². The molecule has 0 aliphatic rings. The normalized spacial score (nSPS) is 12.3. The van der Waals surface area contributed by atoms with Crippen LogP contribution >= 0.6 is 11.3 Å². The predicted octanol–water partition coefficient (Wildman–Crippen LogP) is 9.84. The number of hydrogen-bond acceptors (Lipinski definition) is 3. The van der Waals surface area contributed by atoms with Crippen LogP contribution in [0.4, 0.5) is 0 Å². The molecule has 3 aromatic heterocycles. The second-order valence-electron chi connectivity index (χ2n) is 11.4. The highest BCUT2D eigenvalue weighted by molar-refractivity contribution is 7.23. The first-order valence-electron chi connectivity index (χ1n) is 13.1. The average molecular weight is 528 g/mol. The first-order chi connectivity index (χ1) is 18.3. The smallest absolute Gasteiger partial charge is 0.144 e. The van der Waals surface area contributed by atoms with Crippen molar-refractivity contribution in [1.82, 2.24) is 4.98 Å². The number of thiophene rings is 1. The van der Waals surface area contributed by atoms with Crippen LogP contribution in [0.15, 0.2) is 89.5 Å². The lowest BCUT2D eigenvalue weighted by atomic mass is 10.0. The molecule has 0 spiro atoms. The number of nitrogens with zero attached hydrogens (tertiary/aromatic N) is 1. The number of furan rings is 1. The van der Waals surface area contributed by atoms with Gasteiger partial charge in [0.1, 0.15) is 11.2 Å². The van der Waals surface area contributed by atoms with Gasteiger partial charge in [-0.2, -0.15) is 0 Å². The molecular formula is C34H29NOSSi. The van der Waals surface area contributed by atoms with E-state index in [0.29, 0.717) is 0 Å². The lowest BCUT2D eigenvalue weighted by molar-refractivity contribution is 0.670. The van der Waals surface area contributed by atoms with E-state index in [1.165, 1.54) is 47.6 Å². The monoisotopic (exact) mass is 527 g/mol. The minimum atomic E-state index is -1.33. The van der Waals surface area contributed by atoms with Crippen LogP contribution in [0.2, 0.25) is 19.6 Å². The van der Waals surface area contributed by atoms with Gasteiger partial charge < -0.3 is 4.42 Å². The molecule has 0 aliphatic carbocycles. The molecule has 0 amide bonds. The van der Waals surface area contributed by atoms with Gasteiger partial charge in [0.25, 0.3) is 0 Å². The maximum atomic E-state index is 6.59. The van der Waals surface area contributed by atoms with Gasteiger partial charge in [-0.3, -0.25) is 4.98 Å². The minimum Gasteiger partial charge on any atom is -0.455 e. The molecule has 2 nitrogen and oxygen atoms in total. The zero-order chi connectivity index (χ0) is 26.2. The Balaban J connectivity index is 1.46. The van der Waals surface area contributed by atoms with Gasteiger partial charge in [-0.15, -0.1) is 11.3 Å². The molecule has 0 N–H and O–H groups in total. The molecule has 38 heavy (non-hydrogen) atoms. The Morgan fingerprint density at radius 2 is 1.50 bits per heavy atom. The van der Waals surface area contributed by atoms with E-state index >= 15 is 0 Å². The van der Waals surface area contributed by atoms with Gasteiger partial charge in [-0.25, -0.2) is 0 Å². The van der Waals surface area contributed by atoms with Crippen LogP contribution in [-0.2, 0) is 0 Å². The Labute approximate surface area is 227 Å². The summed E-state index contributed by atoms with van der Waals surface area (Å²) in [5.41, 5.74) is 7.69. The highest BCUT2D eigenvalue weighted by Crippen LogP contribution is 2.44. The highest BCUT2D eigenvalue weighted by atomic mass is 32.1. The van der Waals surface area contributed by atoms with Crippen molar-refractivity contribution < 1.29 is 4.42 Å². The first kappa shape index (κ1) is 23.4. The Morgan fingerprint density at radius 3 is 2.24 bits per heavy atom. The number of pyridine rings is 1. The van der Waals surface area contributed by atoms with Crippen molar-refractivity contribution in [1.29, 1.82) is 0 Å². The summed E-state index contributed by atoms with van der Waals surface area (Å²) < 4.78 is 7.80. The van der Waals surface area contributed by atoms with E-state index in [2.05, 4.69) is 112 Å². The van der Waals surface area contributed by atoms with Crippen molar-refractivity contribution >= 4 is 67.4 Å². The lowest BCUT2D eigenvalue weighted by Gasteiger charge is -2.16. The quantitative estimate of drug-likeness (QED) is 0.214. The van der Waals surface area contributed by atoms with Gasteiger partial charge >= 0.3 is 0 Å². The zero-order valence-electron chi connectivity index (χ0n) is 22.3. The Bertz CT molecular complexity index is 2020. The Kier molecular flexibility index (Phi) is 5.16. The number of aryl methyl sites for hydroxylation is 2. The van der Waals surface area contributed by atoms with Crippen molar-refractivity contribution in [3.63, 3.8) is 0 Å². The van der Waals surface area contributed by atoms with E-state index in [1.807, 2.05) is 17.5 Å². The number of benzene rings is 4. The summed E-state index contributed by atoms with van der Waals surface area (Å²) >= 11 is 1.84. The number of hydrogen-bond donors (Lipinski definition) is 0. The molecule has 0 saturated carbocycles. The third-order valence-electron chi connectivity index (χ3n) is 7.70. The summed E-state index contributed by atoms with van der Waals surface area (Å²) in [4.78, 5) is 6.26.